The molecule has 0 aliphatic heterocycles. The first-order valence-electron chi connectivity index (χ1n) is 6.29. The lowest BCUT2D eigenvalue weighted by atomic mass is 10.0. The molecule has 1 saturated carbocycles. The van der Waals surface area contributed by atoms with E-state index in [1.165, 1.54) is 28.6 Å². The molecule has 4 heteroatoms. The van der Waals surface area contributed by atoms with Crippen LogP contribution in [0.1, 0.15) is 37.1 Å². The molecule has 3 atom stereocenters. The van der Waals surface area contributed by atoms with Crippen molar-refractivity contribution in [2.45, 2.75) is 38.3 Å². The third-order valence-electron chi connectivity index (χ3n) is 4.06. The zero-order valence-electron chi connectivity index (χ0n) is 10.5. The smallest absolute Gasteiger partial charge is 0.0413 e. The molecule has 2 rings (SSSR count). The summed E-state index contributed by atoms with van der Waals surface area (Å²) in [4.78, 5) is 3.95. The average molecular weight is 317 g/mol. The Bertz CT molecular complexity index is 366. The zero-order valence-corrected chi connectivity index (χ0v) is 12.9. The summed E-state index contributed by atoms with van der Waals surface area (Å²) in [5.41, 5.74) is 5.87. The van der Waals surface area contributed by atoms with E-state index in [0.717, 1.165) is 6.54 Å². The molecule has 1 aliphatic carbocycles. The maximum Gasteiger partial charge on any atom is 0.0413 e. The summed E-state index contributed by atoms with van der Waals surface area (Å²) < 4.78 is 1.19. The van der Waals surface area contributed by atoms with Gasteiger partial charge in [0.15, 0.2) is 0 Å². The van der Waals surface area contributed by atoms with E-state index < -0.39 is 0 Å². The van der Waals surface area contributed by atoms with Crippen LogP contribution in [0.4, 0.5) is 0 Å². The monoisotopic (exact) mass is 316 g/mol. The van der Waals surface area contributed by atoms with Crippen LogP contribution in [-0.2, 0) is 0 Å². The lowest BCUT2D eigenvalue weighted by Crippen LogP contribution is -2.38. The second-order valence-corrected chi connectivity index (χ2v) is 6.86. The van der Waals surface area contributed by atoms with E-state index in [1.54, 1.807) is 0 Å². The number of thiophene rings is 1. The van der Waals surface area contributed by atoms with Crippen molar-refractivity contribution in [1.29, 1.82) is 0 Å². The summed E-state index contributed by atoms with van der Waals surface area (Å²) >= 11 is 5.36. The van der Waals surface area contributed by atoms with Gasteiger partial charge in [0, 0.05) is 26.8 Å². The molecule has 3 unspecified atom stereocenters. The number of halogens is 1. The van der Waals surface area contributed by atoms with Crippen LogP contribution >= 0.6 is 27.3 Å². The Morgan fingerprint density at radius 1 is 1.59 bits per heavy atom. The molecule has 1 aromatic rings. The molecule has 17 heavy (non-hydrogen) atoms. The van der Waals surface area contributed by atoms with Crippen molar-refractivity contribution < 1.29 is 0 Å². The van der Waals surface area contributed by atoms with E-state index in [1.807, 2.05) is 11.3 Å². The first-order chi connectivity index (χ1) is 8.13. The number of rotatable bonds is 4. The largest absolute Gasteiger partial charge is 0.330 e. The standard InChI is InChI=1S/C13H21BrN2S/c1-9(13-6-11(14)8-17-13)16(2)12-5-3-4-10(12)7-15/h6,8-10,12H,3-5,7,15H2,1-2H3. The van der Waals surface area contributed by atoms with Crippen LogP contribution in [0.3, 0.4) is 0 Å². The van der Waals surface area contributed by atoms with Gasteiger partial charge in [0.1, 0.15) is 0 Å². The SMILES string of the molecule is CC(c1cc(Br)cs1)N(C)C1CCCC1CN. The topological polar surface area (TPSA) is 29.3 Å². The van der Waals surface area contributed by atoms with Crippen LogP contribution < -0.4 is 5.73 Å². The molecule has 0 radical (unpaired) electrons. The summed E-state index contributed by atoms with van der Waals surface area (Å²) in [5, 5.41) is 2.16. The first-order valence-corrected chi connectivity index (χ1v) is 7.96. The van der Waals surface area contributed by atoms with E-state index in [-0.39, 0.29) is 0 Å². The van der Waals surface area contributed by atoms with Crippen LogP contribution in [0.5, 0.6) is 0 Å². The van der Waals surface area contributed by atoms with Gasteiger partial charge in [-0.2, -0.15) is 0 Å². The second kappa shape index (κ2) is 5.83. The summed E-state index contributed by atoms with van der Waals surface area (Å²) in [6.45, 7) is 3.13. The van der Waals surface area contributed by atoms with Crippen LogP contribution in [0.25, 0.3) is 0 Å². The van der Waals surface area contributed by atoms with E-state index in [9.17, 15) is 0 Å². The Morgan fingerprint density at radius 2 is 2.35 bits per heavy atom. The molecule has 1 aromatic heterocycles. The van der Waals surface area contributed by atoms with Gasteiger partial charge >= 0.3 is 0 Å². The highest BCUT2D eigenvalue weighted by Gasteiger charge is 2.32. The first kappa shape index (κ1) is 13.5. The highest BCUT2D eigenvalue weighted by molar-refractivity contribution is 9.10. The fraction of sp³-hybridized carbons (Fsp3) is 0.692. The third-order valence-corrected chi connectivity index (χ3v) is 5.92. The second-order valence-electron chi connectivity index (χ2n) is 5.00. The van der Waals surface area contributed by atoms with Crippen molar-refractivity contribution in [3.05, 3.63) is 20.8 Å². The minimum absolute atomic E-state index is 0.489. The molecule has 2 nitrogen and oxygen atoms in total. The van der Waals surface area contributed by atoms with Gasteiger partial charge in [0.25, 0.3) is 0 Å². The third kappa shape index (κ3) is 2.92. The lowest BCUT2D eigenvalue weighted by Gasteiger charge is -2.33. The number of hydrogen-bond donors (Lipinski definition) is 1. The molecule has 1 heterocycles. The number of hydrogen-bond acceptors (Lipinski definition) is 3. The Labute approximate surface area is 116 Å². The molecule has 0 bridgehead atoms. The summed E-state index contributed by atoms with van der Waals surface area (Å²) in [6.07, 6.45) is 3.93. The quantitative estimate of drug-likeness (QED) is 0.919. The van der Waals surface area contributed by atoms with Crippen molar-refractivity contribution >= 4 is 27.3 Å². The van der Waals surface area contributed by atoms with E-state index >= 15 is 0 Å². The van der Waals surface area contributed by atoms with Crippen molar-refractivity contribution in [3.63, 3.8) is 0 Å². The minimum Gasteiger partial charge on any atom is -0.330 e. The molecule has 0 amide bonds. The summed E-state index contributed by atoms with van der Waals surface area (Å²) in [6, 6.07) is 3.39. The van der Waals surface area contributed by atoms with E-state index in [4.69, 9.17) is 5.73 Å². The van der Waals surface area contributed by atoms with Gasteiger partial charge in [0.05, 0.1) is 0 Å². The Kier molecular flexibility index (Phi) is 4.64. The van der Waals surface area contributed by atoms with Gasteiger partial charge in [-0.05, 0) is 61.3 Å². The zero-order chi connectivity index (χ0) is 12.4. The summed E-state index contributed by atoms with van der Waals surface area (Å²) in [7, 11) is 2.25. The maximum absolute atomic E-state index is 5.87. The van der Waals surface area contributed by atoms with Crippen LogP contribution in [0.2, 0.25) is 0 Å². The van der Waals surface area contributed by atoms with Gasteiger partial charge in [0.2, 0.25) is 0 Å². The van der Waals surface area contributed by atoms with Gasteiger partial charge in [-0.1, -0.05) is 6.42 Å². The molecular weight excluding hydrogens is 296 g/mol. The molecule has 0 aromatic carbocycles. The van der Waals surface area contributed by atoms with Crippen LogP contribution in [0, 0.1) is 5.92 Å². The van der Waals surface area contributed by atoms with Crippen LogP contribution in [-0.4, -0.2) is 24.5 Å². The fourth-order valence-corrected chi connectivity index (χ4v) is 4.42. The highest BCUT2D eigenvalue weighted by Crippen LogP contribution is 2.35. The molecule has 1 fully saturated rings. The number of nitrogens with two attached hydrogens (primary N) is 1. The Morgan fingerprint density at radius 3 is 2.94 bits per heavy atom. The summed E-state index contributed by atoms with van der Waals surface area (Å²) in [5.74, 6) is 0.686. The predicted molar refractivity (Wildman–Crippen MR) is 78.4 cm³/mol. The van der Waals surface area contributed by atoms with Gasteiger partial charge in [-0.15, -0.1) is 11.3 Å². The van der Waals surface area contributed by atoms with Crippen molar-refractivity contribution in [2.24, 2.45) is 11.7 Å². The Balaban J connectivity index is 2.06. The van der Waals surface area contributed by atoms with Gasteiger partial charge in [-0.3, -0.25) is 4.90 Å². The van der Waals surface area contributed by atoms with Crippen molar-refractivity contribution in [2.75, 3.05) is 13.6 Å². The highest BCUT2D eigenvalue weighted by atomic mass is 79.9. The molecule has 96 valence electrons. The molecular formula is C13H21BrN2S. The predicted octanol–water partition coefficient (Wildman–Crippen LogP) is 3.63. The maximum atomic E-state index is 5.87. The fourth-order valence-electron chi connectivity index (χ4n) is 2.86. The lowest BCUT2D eigenvalue weighted by molar-refractivity contribution is 0.154. The average Bonchev–Trinajstić information content (AvgIpc) is 2.95. The molecule has 1 aliphatic rings. The van der Waals surface area contributed by atoms with E-state index in [2.05, 4.69) is 46.2 Å². The van der Waals surface area contributed by atoms with Crippen molar-refractivity contribution in [3.8, 4) is 0 Å². The normalized spacial score (nSPS) is 26.6. The van der Waals surface area contributed by atoms with E-state index in [0.29, 0.717) is 18.0 Å². The molecule has 0 saturated heterocycles. The molecule has 0 spiro atoms. The minimum atomic E-state index is 0.489. The number of nitrogens with zero attached hydrogens (tertiary/aromatic N) is 1. The molecule has 2 N–H and O–H groups in total. The van der Waals surface area contributed by atoms with Gasteiger partial charge in [-0.25, -0.2) is 0 Å². The van der Waals surface area contributed by atoms with Crippen molar-refractivity contribution in [1.82, 2.24) is 4.90 Å². The Hall–Kier alpha value is 0.1000. The van der Waals surface area contributed by atoms with Gasteiger partial charge < -0.3 is 5.73 Å². The van der Waals surface area contributed by atoms with Crippen LogP contribution in [0.15, 0.2) is 15.9 Å².